The maximum absolute atomic E-state index is 13.0. The third-order valence-electron chi connectivity index (χ3n) is 5.14. The molecule has 0 aliphatic carbocycles. The van der Waals surface area contributed by atoms with E-state index in [0.29, 0.717) is 24.0 Å². The molecule has 1 fully saturated rings. The van der Waals surface area contributed by atoms with Crippen LogP contribution in [0.5, 0.6) is 0 Å². The van der Waals surface area contributed by atoms with Crippen LogP contribution in [0.1, 0.15) is 29.9 Å². The van der Waals surface area contributed by atoms with E-state index in [1.165, 1.54) is 11.1 Å². The third kappa shape index (κ3) is 2.62. The Kier molecular flexibility index (Phi) is 3.85. The van der Waals surface area contributed by atoms with Crippen molar-refractivity contribution in [1.29, 1.82) is 0 Å². The van der Waals surface area contributed by atoms with Crippen molar-refractivity contribution in [1.82, 2.24) is 4.31 Å². The molecule has 2 aliphatic rings. The first-order chi connectivity index (χ1) is 11.6. The normalized spacial score (nSPS) is 23.9. The molecule has 0 aromatic heterocycles. The number of nitrogens with zero attached hydrogens (tertiary/aromatic N) is 1. The predicted molar refractivity (Wildman–Crippen MR) is 95.8 cm³/mol. The molecule has 4 nitrogen and oxygen atoms in total. The second-order valence-corrected chi connectivity index (χ2v) is 8.70. The van der Waals surface area contributed by atoms with Crippen molar-refractivity contribution in [2.75, 3.05) is 18.4 Å². The lowest BCUT2D eigenvalue weighted by molar-refractivity contribution is 0.406. The summed E-state index contributed by atoms with van der Waals surface area (Å²) in [5.41, 5.74) is 3.64. The van der Waals surface area contributed by atoms with Crippen molar-refractivity contribution in [2.45, 2.75) is 36.6 Å². The summed E-state index contributed by atoms with van der Waals surface area (Å²) < 4.78 is 27.7. The van der Waals surface area contributed by atoms with Gasteiger partial charge in [0, 0.05) is 30.7 Å². The van der Waals surface area contributed by atoms with Gasteiger partial charge in [0.15, 0.2) is 0 Å². The zero-order chi connectivity index (χ0) is 16.7. The lowest BCUT2D eigenvalue weighted by atomic mass is 9.93. The minimum absolute atomic E-state index is 0.223. The topological polar surface area (TPSA) is 49.4 Å². The predicted octanol–water partition coefficient (Wildman–Crippen LogP) is 3.36. The highest BCUT2D eigenvalue weighted by Gasteiger charge is 2.38. The van der Waals surface area contributed by atoms with Gasteiger partial charge >= 0.3 is 0 Å². The second-order valence-electron chi connectivity index (χ2n) is 6.77. The number of hydrogen-bond acceptors (Lipinski definition) is 3. The molecule has 4 rings (SSSR count). The SMILES string of the molecule is Cc1ccc2c(c1)[C@@H]1CN(S(=O)(=O)c3ccccc3)CCC[C@H]1N2. The summed E-state index contributed by atoms with van der Waals surface area (Å²) in [5, 5.41) is 3.59. The van der Waals surface area contributed by atoms with E-state index < -0.39 is 10.0 Å². The number of anilines is 1. The van der Waals surface area contributed by atoms with E-state index in [1.807, 2.05) is 6.07 Å². The molecule has 0 spiro atoms. The van der Waals surface area contributed by atoms with Crippen molar-refractivity contribution in [2.24, 2.45) is 0 Å². The minimum atomic E-state index is -3.43. The number of rotatable bonds is 2. The molecule has 1 saturated heterocycles. The first-order valence-electron chi connectivity index (χ1n) is 8.48. The fourth-order valence-corrected chi connectivity index (χ4v) is 5.42. The van der Waals surface area contributed by atoms with Crippen LogP contribution in [-0.2, 0) is 10.0 Å². The van der Waals surface area contributed by atoms with E-state index in [2.05, 4.69) is 30.4 Å². The van der Waals surface area contributed by atoms with Crippen molar-refractivity contribution in [3.63, 3.8) is 0 Å². The molecule has 2 aromatic carbocycles. The third-order valence-corrected chi connectivity index (χ3v) is 7.02. The highest BCUT2D eigenvalue weighted by Crippen LogP contribution is 2.41. The standard InChI is InChI=1S/C19H22N2O2S/c1-14-9-10-19-16(12-14)17-13-21(11-5-8-18(17)20-19)24(22,23)15-6-3-2-4-7-15/h2-4,6-7,9-10,12,17-18,20H,5,8,11,13H2,1H3/t17-,18+/m0/s1. The van der Waals surface area contributed by atoms with Crippen molar-refractivity contribution in [3.05, 3.63) is 59.7 Å². The minimum Gasteiger partial charge on any atom is -0.381 e. The molecule has 5 heteroatoms. The zero-order valence-electron chi connectivity index (χ0n) is 13.8. The molecule has 2 heterocycles. The summed E-state index contributed by atoms with van der Waals surface area (Å²) >= 11 is 0. The van der Waals surface area contributed by atoms with Gasteiger partial charge in [0.1, 0.15) is 0 Å². The molecule has 0 amide bonds. The van der Waals surface area contributed by atoms with Crippen molar-refractivity contribution < 1.29 is 8.42 Å². The van der Waals surface area contributed by atoms with Gasteiger partial charge in [0.25, 0.3) is 0 Å². The quantitative estimate of drug-likeness (QED) is 0.910. The van der Waals surface area contributed by atoms with Gasteiger partial charge in [-0.25, -0.2) is 8.42 Å². The van der Waals surface area contributed by atoms with Crippen LogP contribution < -0.4 is 5.32 Å². The van der Waals surface area contributed by atoms with E-state index in [-0.39, 0.29) is 5.92 Å². The van der Waals surface area contributed by atoms with Crippen molar-refractivity contribution >= 4 is 15.7 Å². The van der Waals surface area contributed by atoms with E-state index >= 15 is 0 Å². The molecule has 0 saturated carbocycles. The molecule has 0 bridgehead atoms. The second kappa shape index (κ2) is 5.90. The number of hydrogen-bond donors (Lipinski definition) is 1. The molecule has 126 valence electrons. The zero-order valence-corrected chi connectivity index (χ0v) is 14.6. The van der Waals surface area contributed by atoms with E-state index in [4.69, 9.17) is 0 Å². The number of benzene rings is 2. The number of aryl methyl sites for hydroxylation is 1. The van der Waals surface area contributed by atoms with Gasteiger partial charge in [0.2, 0.25) is 10.0 Å². The van der Waals surface area contributed by atoms with Crippen LogP contribution >= 0.6 is 0 Å². The van der Waals surface area contributed by atoms with Crippen LogP contribution in [0.25, 0.3) is 0 Å². The van der Waals surface area contributed by atoms with Gasteiger partial charge in [-0.2, -0.15) is 4.31 Å². The molecule has 2 atom stereocenters. The number of nitrogens with one attached hydrogen (secondary N) is 1. The Bertz CT molecular complexity index is 849. The van der Waals surface area contributed by atoms with E-state index in [9.17, 15) is 8.42 Å². The Morgan fingerprint density at radius 2 is 1.92 bits per heavy atom. The molecule has 24 heavy (non-hydrogen) atoms. The Hall–Kier alpha value is -1.85. The Balaban J connectivity index is 1.68. The molecular formula is C19H22N2O2S. The molecule has 2 aliphatic heterocycles. The average Bonchev–Trinajstić information content (AvgIpc) is 2.78. The Morgan fingerprint density at radius 1 is 1.12 bits per heavy atom. The summed E-state index contributed by atoms with van der Waals surface area (Å²) in [6.07, 6.45) is 1.88. The first kappa shape index (κ1) is 15.7. The maximum Gasteiger partial charge on any atom is 0.243 e. The van der Waals surface area contributed by atoms with Gasteiger partial charge < -0.3 is 5.32 Å². The highest BCUT2D eigenvalue weighted by molar-refractivity contribution is 7.89. The number of fused-ring (bicyclic) bond motifs is 3. The highest BCUT2D eigenvalue weighted by atomic mass is 32.2. The fraction of sp³-hybridized carbons (Fsp3) is 0.368. The maximum atomic E-state index is 13.0. The van der Waals surface area contributed by atoms with E-state index in [0.717, 1.165) is 18.5 Å². The van der Waals surface area contributed by atoms with Gasteiger partial charge in [-0.05, 0) is 43.5 Å². The van der Waals surface area contributed by atoms with Gasteiger partial charge in [-0.1, -0.05) is 35.9 Å². The smallest absolute Gasteiger partial charge is 0.243 e. The van der Waals surface area contributed by atoms with Crippen LogP contribution in [0.2, 0.25) is 0 Å². The Morgan fingerprint density at radius 3 is 2.71 bits per heavy atom. The first-order valence-corrected chi connectivity index (χ1v) is 9.92. The summed E-state index contributed by atoms with van der Waals surface area (Å²) in [4.78, 5) is 0.388. The molecule has 1 N–H and O–H groups in total. The van der Waals surface area contributed by atoms with Crippen LogP contribution in [0, 0.1) is 6.92 Å². The van der Waals surface area contributed by atoms with Crippen LogP contribution in [0.4, 0.5) is 5.69 Å². The van der Waals surface area contributed by atoms with Gasteiger partial charge in [0.05, 0.1) is 4.90 Å². The monoisotopic (exact) mass is 342 g/mol. The van der Waals surface area contributed by atoms with Gasteiger partial charge in [-0.15, -0.1) is 0 Å². The largest absolute Gasteiger partial charge is 0.381 e. The Labute approximate surface area is 143 Å². The summed E-state index contributed by atoms with van der Waals surface area (Å²) in [5.74, 6) is 0.223. The molecule has 0 unspecified atom stereocenters. The summed E-state index contributed by atoms with van der Waals surface area (Å²) in [6.45, 7) is 3.22. The van der Waals surface area contributed by atoms with Crippen LogP contribution in [-0.4, -0.2) is 31.9 Å². The van der Waals surface area contributed by atoms with Crippen molar-refractivity contribution in [3.8, 4) is 0 Å². The van der Waals surface area contributed by atoms with Crippen LogP contribution in [0.15, 0.2) is 53.4 Å². The van der Waals surface area contributed by atoms with Crippen LogP contribution in [0.3, 0.4) is 0 Å². The lowest BCUT2D eigenvalue weighted by Crippen LogP contribution is -2.35. The van der Waals surface area contributed by atoms with Gasteiger partial charge in [-0.3, -0.25) is 0 Å². The molecule has 2 aromatic rings. The van der Waals surface area contributed by atoms with E-state index in [1.54, 1.807) is 28.6 Å². The molecule has 0 radical (unpaired) electrons. The average molecular weight is 342 g/mol. The lowest BCUT2D eigenvalue weighted by Gasteiger charge is -2.24. The number of sulfonamides is 1. The fourth-order valence-electron chi connectivity index (χ4n) is 3.89. The summed E-state index contributed by atoms with van der Waals surface area (Å²) in [7, 11) is -3.43. The molecular weight excluding hydrogens is 320 g/mol. The summed E-state index contributed by atoms with van der Waals surface area (Å²) in [6, 6.07) is 15.5.